The summed E-state index contributed by atoms with van der Waals surface area (Å²) in [5.74, 6) is 1.37. The Balaban J connectivity index is 0.000000550. The van der Waals surface area contributed by atoms with Crippen molar-refractivity contribution in [1.82, 2.24) is 4.90 Å². The first-order chi connectivity index (χ1) is 12.2. The molecule has 0 bridgehead atoms. The molecule has 0 amide bonds. The van der Waals surface area contributed by atoms with Gasteiger partial charge >= 0.3 is 0 Å². The molecule has 0 N–H and O–H groups in total. The molecule has 2 fully saturated rings. The largest absolute Gasteiger partial charge is 0.362 e. The van der Waals surface area contributed by atoms with E-state index in [9.17, 15) is 5.53 Å². The second-order valence-corrected chi connectivity index (χ2v) is 8.36. The van der Waals surface area contributed by atoms with E-state index < -0.39 is 0 Å². The van der Waals surface area contributed by atoms with Crippen LogP contribution in [-0.4, -0.2) is 36.0 Å². The topological polar surface area (TPSA) is 39.6 Å². The van der Waals surface area contributed by atoms with E-state index >= 15 is 0 Å². The maximum absolute atomic E-state index is 9.47. The smallest absolute Gasteiger partial charge is 0.272 e. The average Bonchev–Trinajstić information content (AvgIpc) is 2.83. The number of rotatable bonds is 2. The summed E-state index contributed by atoms with van der Waals surface area (Å²) < 4.78 is 0. The Labute approximate surface area is 157 Å². The molecule has 2 aliphatic carbocycles. The summed E-state index contributed by atoms with van der Waals surface area (Å²) in [7, 11) is 4.11. The lowest BCUT2D eigenvalue weighted by atomic mass is 9.78. The van der Waals surface area contributed by atoms with E-state index in [1.165, 1.54) is 89.9 Å². The van der Waals surface area contributed by atoms with Gasteiger partial charge in [-0.15, -0.1) is 0 Å². The molecule has 3 nitrogen and oxygen atoms in total. The Bertz CT molecular complexity index is 361. The number of hydrogen-bond donors (Lipinski definition) is 0. The fourth-order valence-electron chi connectivity index (χ4n) is 4.25. The van der Waals surface area contributed by atoms with Gasteiger partial charge in [0.2, 0.25) is 0 Å². The molecule has 2 rings (SSSR count). The lowest BCUT2D eigenvalue weighted by molar-refractivity contribution is -0.0201. The molecule has 1 atom stereocenters. The van der Waals surface area contributed by atoms with E-state index in [1.807, 2.05) is 0 Å². The molecule has 0 aromatic rings. The summed E-state index contributed by atoms with van der Waals surface area (Å²) in [5, 5.41) is 0. The highest BCUT2D eigenvalue weighted by atomic mass is 15.0. The third kappa shape index (κ3) is 10.2. The Morgan fingerprint density at radius 2 is 1.24 bits per heavy atom. The van der Waals surface area contributed by atoms with Gasteiger partial charge in [-0.25, -0.2) is 0 Å². The van der Waals surface area contributed by atoms with Gasteiger partial charge in [0.15, 0.2) is 0 Å². The molecule has 0 spiro atoms. The van der Waals surface area contributed by atoms with Crippen molar-refractivity contribution in [3.05, 3.63) is 5.53 Å². The van der Waals surface area contributed by atoms with Crippen LogP contribution in [0.2, 0.25) is 0 Å². The highest BCUT2D eigenvalue weighted by Crippen LogP contribution is 2.33. The van der Waals surface area contributed by atoms with Crippen LogP contribution in [0.1, 0.15) is 103 Å². The molecular formula is C22H43N3. The van der Waals surface area contributed by atoms with Crippen molar-refractivity contribution in [3.8, 4) is 0 Å². The van der Waals surface area contributed by atoms with Crippen LogP contribution in [0.5, 0.6) is 0 Å². The van der Waals surface area contributed by atoms with Crippen LogP contribution in [0.4, 0.5) is 0 Å². The molecule has 0 aliphatic heterocycles. The number of hydrogen-bond acceptors (Lipinski definition) is 1. The summed E-state index contributed by atoms with van der Waals surface area (Å²) in [5.41, 5.74) is 10.6. The van der Waals surface area contributed by atoms with Crippen LogP contribution >= 0.6 is 0 Å². The molecule has 0 radical (unpaired) electrons. The third-order valence-corrected chi connectivity index (χ3v) is 6.11. The van der Waals surface area contributed by atoms with Crippen LogP contribution < -0.4 is 0 Å². The van der Waals surface area contributed by atoms with E-state index in [0.717, 1.165) is 24.6 Å². The van der Waals surface area contributed by atoms with Crippen LogP contribution in [0.15, 0.2) is 0 Å². The zero-order valence-corrected chi connectivity index (χ0v) is 17.3. The van der Waals surface area contributed by atoms with Gasteiger partial charge in [-0.05, 0) is 52.2 Å². The Kier molecular flexibility index (Phi) is 13.0. The quantitative estimate of drug-likeness (QED) is 0.423. The first kappa shape index (κ1) is 22.4. The van der Waals surface area contributed by atoms with E-state index in [2.05, 4.69) is 30.7 Å². The fraction of sp³-hybridized carbons (Fsp3) is 0.955. The Morgan fingerprint density at radius 1 is 0.800 bits per heavy atom. The normalized spacial score (nSPS) is 24.5. The molecular weight excluding hydrogens is 306 g/mol. The first-order valence-corrected chi connectivity index (χ1v) is 11.0. The highest BCUT2D eigenvalue weighted by Gasteiger charge is 2.31. The fourth-order valence-corrected chi connectivity index (χ4v) is 4.25. The van der Waals surface area contributed by atoms with Crippen molar-refractivity contribution in [2.45, 2.75) is 103 Å². The lowest BCUT2D eigenvalue weighted by Crippen LogP contribution is -2.25. The van der Waals surface area contributed by atoms with Gasteiger partial charge in [0.05, 0.1) is 5.92 Å². The molecule has 1 unspecified atom stereocenters. The van der Waals surface area contributed by atoms with E-state index in [0.29, 0.717) is 5.92 Å². The first-order valence-electron chi connectivity index (χ1n) is 11.0. The predicted molar refractivity (Wildman–Crippen MR) is 109 cm³/mol. The van der Waals surface area contributed by atoms with Gasteiger partial charge in [-0.3, -0.25) is 0 Å². The average molecular weight is 350 g/mol. The molecule has 25 heavy (non-hydrogen) atoms. The molecule has 146 valence electrons. The maximum Gasteiger partial charge on any atom is 0.272 e. The lowest BCUT2D eigenvalue weighted by Gasteiger charge is -2.23. The van der Waals surface area contributed by atoms with Crippen LogP contribution in [0, 0.1) is 11.8 Å². The molecule has 0 aromatic heterocycles. The van der Waals surface area contributed by atoms with Crippen LogP contribution in [0.3, 0.4) is 0 Å². The summed E-state index contributed by atoms with van der Waals surface area (Å²) in [4.78, 5) is 5.87. The summed E-state index contributed by atoms with van der Waals surface area (Å²) >= 11 is 0. The summed E-state index contributed by atoms with van der Waals surface area (Å²) in [6.07, 6.45) is 20.1. The third-order valence-electron chi connectivity index (χ3n) is 6.11. The molecule has 2 aliphatic rings. The molecule has 3 heteroatoms. The standard InChI is InChI=1S/C18H32N2.C4H11N/c19-20-18-15-11-7-3-6-10-14-17(18)16-12-8-4-1-2-5-9-13-16;1-4-5(2)3/h16-17H,1-15H2;4H2,1-3H3. The van der Waals surface area contributed by atoms with E-state index in [1.54, 1.807) is 0 Å². The maximum atomic E-state index is 9.47. The summed E-state index contributed by atoms with van der Waals surface area (Å²) in [6.45, 7) is 3.26. The summed E-state index contributed by atoms with van der Waals surface area (Å²) in [6, 6.07) is 0. The SMILES string of the molecule is CCN(C)C.[N-]=[N+]=C1CCCCCCCC1C1CCCCCCCC1. The Morgan fingerprint density at radius 3 is 1.72 bits per heavy atom. The minimum atomic E-state index is 0.580. The zero-order chi connectivity index (χ0) is 18.3. The van der Waals surface area contributed by atoms with Crippen LogP contribution in [-0.2, 0) is 0 Å². The molecule has 2 saturated carbocycles. The second-order valence-electron chi connectivity index (χ2n) is 8.36. The second kappa shape index (κ2) is 14.5. The van der Waals surface area contributed by atoms with Gasteiger partial charge < -0.3 is 10.4 Å². The molecule has 0 aromatic carbocycles. The van der Waals surface area contributed by atoms with Crippen molar-refractivity contribution < 1.29 is 4.79 Å². The molecule has 0 heterocycles. The molecule has 0 saturated heterocycles. The van der Waals surface area contributed by atoms with Crippen molar-refractivity contribution in [2.75, 3.05) is 20.6 Å². The highest BCUT2D eigenvalue weighted by molar-refractivity contribution is 5.81. The van der Waals surface area contributed by atoms with Crippen LogP contribution in [0.25, 0.3) is 5.53 Å². The van der Waals surface area contributed by atoms with Crippen molar-refractivity contribution >= 4 is 5.71 Å². The number of nitrogens with zero attached hydrogens (tertiary/aromatic N) is 3. The monoisotopic (exact) mass is 349 g/mol. The van der Waals surface area contributed by atoms with Gasteiger partial charge in [-0.2, -0.15) is 4.79 Å². The van der Waals surface area contributed by atoms with Gasteiger partial charge in [0, 0.05) is 6.42 Å². The van der Waals surface area contributed by atoms with Crippen molar-refractivity contribution in [3.63, 3.8) is 0 Å². The van der Waals surface area contributed by atoms with Crippen molar-refractivity contribution in [2.24, 2.45) is 11.8 Å². The van der Waals surface area contributed by atoms with Crippen molar-refractivity contribution in [1.29, 1.82) is 0 Å². The zero-order valence-electron chi connectivity index (χ0n) is 17.3. The van der Waals surface area contributed by atoms with E-state index in [-0.39, 0.29) is 0 Å². The van der Waals surface area contributed by atoms with Gasteiger partial charge in [-0.1, -0.05) is 71.1 Å². The Hall–Kier alpha value is -0.660. The van der Waals surface area contributed by atoms with E-state index in [4.69, 9.17) is 0 Å². The van der Waals surface area contributed by atoms with Gasteiger partial charge in [0.25, 0.3) is 5.71 Å². The predicted octanol–water partition coefficient (Wildman–Crippen LogP) is 6.34. The minimum Gasteiger partial charge on any atom is -0.362 e. The van der Waals surface area contributed by atoms with Gasteiger partial charge in [0.1, 0.15) is 0 Å². The minimum absolute atomic E-state index is 0.580.